The van der Waals surface area contributed by atoms with E-state index in [0.29, 0.717) is 5.46 Å². The summed E-state index contributed by atoms with van der Waals surface area (Å²) in [6.45, 7) is 0. The van der Waals surface area contributed by atoms with Crippen LogP contribution in [-0.2, 0) is 0 Å². The summed E-state index contributed by atoms with van der Waals surface area (Å²) < 4.78 is 3.94. The fraction of sp³-hybridized carbons (Fsp3) is 0.0345. The molecule has 0 fully saturated rings. The molecule has 0 spiro atoms. The van der Waals surface area contributed by atoms with E-state index in [0.717, 1.165) is 34.1 Å². The van der Waals surface area contributed by atoms with Crippen molar-refractivity contribution in [1.29, 1.82) is 0 Å². The molecule has 0 aromatic heterocycles. The molecule has 0 aliphatic carbocycles. The van der Waals surface area contributed by atoms with E-state index in [4.69, 9.17) is 0 Å². The molecule has 0 aliphatic heterocycles. The molecule has 10 rings (SSSR count). The van der Waals surface area contributed by atoms with Crippen molar-refractivity contribution < 1.29 is 14.8 Å². The first kappa shape index (κ1) is 52.4. The highest BCUT2D eigenvalue weighted by Crippen LogP contribution is 2.38. The van der Waals surface area contributed by atoms with Gasteiger partial charge in [-0.2, -0.15) is 0 Å². The van der Waals surface area contributed by atoms with E-state index in [9.17, 15) is 10.0 Å². The van der Waals surface area contributed by atoms with Crippen molar-refractivity contribution in [2.75, 3.05) is 9.80 Å². The van der Waals surface area contributed by atoms with Crippen LogP contribution in [-0.4, -0.2) is 17.2 Å². The van der Waals surface area contributed by atoms with Crippen molar-refractivity contribution in [3.05, 3.63) is 253 Å². The molecule has 4 nitrogen and oxygen atoms in total. The zero-order valence-corrected chi connectivity index (χ0v) is 41.5. The minimum atomic E-state index is -1.45. The van der Waals surface area contributed by atoms with Gasteiger partial charge < -0.3 is 19.8 Å². The van der Waals surface area contributed by atoms with Crippen LogP contribution in [0.15, 0.2) is 243 Å². The number of hydrogen-bond acceptors (Lipinski definition) is 4. The molecule has 10 aromatic rings. The number of anilines is 6. The molecule has 9 heteroatoms. The highest BCUT2D eigenvalue weighted by atomic mass is 127. The Balaban J connectivity index is 0.000000200. The summed E-state index contributed by atoms with van der Waals surface area (Å²) in [7, 11) is -1.45. The van der Waals surface area contributed by atoms with Gasteiger partial charge in [0.2, 0.25) is 0 Å². The Kier molecular flexibility index (Phi) is 20.0. The number of benzene rings is 10. The maximum atomic E-state index is 9.23. The van der Waals surface area contributed by atoms with Crippen molar-refractivity contribution in [1.82, 2.24) is 0 Å². The highest BCUT2D eigenvalue weighted by molar-refractivity contribution is 14.1. The number of fused-ring (bicyclic) bond motifs is 2. The maximum absolute atomic E-state index is 9.23. The van der Waals surface area contributed by atoms with Gasteiger partial charge in [0.05, 0.1) is 0 Å². The second kappa shape index (κ2) is 25.5. The molecular weight excluding hydrogens is 1170 g/mol. The Hall–Kier alpha value is -5.58. The van der Waals surface area contributed by atoms with Crippen LogP contribution in [0.2, 0.25) is 0 Å². The second-order valence-electron chi connectivity index (χ2n) is 14.7. The molecule has 0 amide bonds. The highest BCUT2D eigenvalue weighted by Gasteiger charge is 2.16. The summed E-state index contributed by atoms with van der Waals surface area (Å²) in [6.07, 6.45) is 0. The summed E-state index contributed by atoms with van der Waals surface area (Å²) in [5.41, 5.74) is 9.48. The number of halogens is 4. The zero-order valence-electron chi connectivity index (χ0n) is 35.0. The normalized spacial score (nSPS) is 10.1. The van der Waals surface area contributed by atoms with E-state index >= 15 is 0 Å². The number of para-hydroxylation sites is 4. The molecule has 67 heavy (non-hydrogen) atoms. The topological polar surface area (TPSA) is 46.9 Å². The van der Waals surface area contributed by atoms with E-state index in [-0.39, 0.29) is 19.6 Å². The lowest BCUT2D eigenvalue weighted by Crippen LogP contribution is -2.29. The van der Waals surface area contributed by atoms with Gasteiger partial charge in [0, 0.05) is 55.6 Å². The molecule has 0 heterocycles. The molecule has 0 bridgehead atoms. The average Bonchev–Trinajstić information content (AvgIpc) is 3.34. The maximum Gasteiger partial charge on any atom is 0.488 e. The van der Waals surface area contributed by atoms with Crippen molar-refractivity contribution in [2.24, 2.45) is 0 Å². The lowest BCUT2D eigenvalue weighted by Gasteiger charge is -2.25. The van der Waals surface area contributed by atoms with Crippen LogP contribution in [0.1, 0.15) is 14.9 Å². The number of hydrogen-bond donors (Lipinski definition) is 2. The second-order valence-corrected chi connectivity index (χ2v) is 18.2. The zero-order chi connectivity index (χ0) is 44.3. The van der Waals surface area contributed by atoms with Crippen LogP contribution in [0.5, 0.6) is 0 Å². The molecule has 10 aromatic carbocycles. The van der Waals surface area contributed by atoms with E-state index in [2.05, 4.69) is 235 Å². The van der Waals surface area contributed by atoms with Crippen LogP contribution in [0, 0.1) is 10.7 Å². The summed E-state index contributed by atoms with van der Waals surface area (Å²) >= 11 is 7.19. The number of rotatable bonds is 8. The lowest BCUT2D eigenvalue weighted by atomic mass is 9.80. The molecule has 0 atom stereocenters. The van der Waals surface area contributed by atoms with Gasteiger partial charge in [-0.1, -0.05) is 167 Å². The Morgan fingerprint density at radius 3 is 0.955 bits per heavy atom. The molecule has 0 radical (unpaired) electrons. The van der Waals surface area contributed by atoms with Crippen LogP contribution < -0.4 is 15.3 Å². The SMILES string of the molecule is C.C.F.Ic1cccc2cccc(-c3ccc(N(c4ccccc4)c4ccccc4)cc3)c12.Ic1cccc2cccc(I)c12.OB(O)c1ccc(N(c2ccccc2)c2ccccc2)cc1. The smallest absolute Gasteiger partial charge is 0.423 e. The quantitative estimate of drug-likeness (QED) is 0.118. The number of nitrogens with zero attached hydrogens (tertiary/aromatic N) is 2. The van der Waals surface area contributed by atoms with E-state index in [1.54, 1.807) is 12.1 Å². The molecule has 0 unspecified atom stereocenters. The summed E-state index contributed by atoms with van der Waals surface area (Å²) in [5.74, 6) is 0. The molecule has 0 aliphatic rings. The predicted octanol–water partition coefficient (Wildman–Crippen LogP) is 16.9. The first-order chi connectivity index (χ1) is 31.4. The average molecular weight is 1220 g/mol. The monoisotopic (exact) mass is 1220 g/mol. The minimum absolute atomic E-state index is 0. The van der Waals surface area contributed by atoms with Crippen LogP contribution in [0.3, 0.4) is 0 Å². The fourth-order valence-electron chi connectivity index (χ4n) is 7.58. The summed E-state index contributed by atoms with van der Waals surface area (Å²) in [5, 5.41) is 23.8. The van der Waals surface area contributed by atoms with Crippen LogP contribution in [0.25, 0.3) is 32.7 Å². The standard InChI is InChI=1S/C28H20IN.C18H16BNO2.C10H6I2.2CH4.FH/c29-27-16-8-10-22-9-7-15-26(28(22)27)21-17-19-25(20-18-21)30(23-11-3-1-4-12-23)24-13-5-2-6-14-24;21-19(22)15-11-13-18(14-12-15)20(16-7-3-1-4-8-16)17-9-5-2-6-10-17;11-8-5-1-3-7-4-2-6-9(12)10(7)8;;;/h1-20H;1-14,21-22H;1-6H;2*1H4;1H. The Morgan fingerprint density at radius 1 is 0.313 bits per heavy atom. The summed E-state index contributed by atoms with van der Waals surface area (Å²) in [4.78, 5) is 4.41. The third-order valence-electron chi connectivity index (χ3n) is 10.6. The van der Waals surface area contributed by atoms with Gasteiger partial charge in [-0.25, -0.2) is 0 Å². The lowest BCUT2D eigenvalue weighted by molar-refractivity contribution is 0.426. The largest absolute Gasteiger partial charge is 0.488 e. The first-order valence-electron chi connectivity index (χ1n) is 20.7. The van der Waals surface area contributed by atoms with Crippen molar-refractivity contribution in [3.63, 3.8) is 0 Å². The Labute approximate surface area is 435 Å². The predicted molar refractivity (Wildman–Crippen MR) is 313 cm³/mol. The van der Waals surface area contributed by atoms with E-state index in [1.165, 1.54) is 43.4 Å². The van der Waals surface area contributed by atoms with Gasteiger partial charge in [-0.05, 0) is 186 Å². The molecule has 0 saturated heterocycles. The van der Waals surface area contributed by atoms with E-state index < -0.39 is 7.12 Å². The van der Waals surface area contributed by atoms with Gasteiger partial charge in [0.15, 0.2) is 0 Å². The van der Waals surface area contributed by atoms with Gasteiger partial charge >= 0.3 is 7.12 Å². The molecule has 2 N–H and O–H groups in total. The third-order valence-corrected chi connectivity index (χ3v) is 13.3. The molecule has 336 valence electrons. The van der Waals surface area contributed by atoms with Crippen LogP contribution in [0.4, 0.5) is 38.8 Å². The van der Waals surface area contributed by atoms with Gasteiger partial charge in [-0.15, -0.1) is 0 Å². The fourth-order valence-corrected chi connectivity index (χ4v) is 10.5. The van der Waals surface area contributed by atoms with Gasteiger partial charge in [0.1, 0.15) is 0 Å². The van der Waals surface area contributed by atoms with Gasteiger partial charge in [-0.3, -0.25) is 4.70 Å². The van der Waals surface area contributed by atoms with E-state index in [1.807, 2.05) is 72.8 Å². The first-order valence-corrected chi connectivity index (χ1v) is 24.0. The Morgan fingerprint density at radius 2 is 0.612 bits per heavy atom. The van der Waals surface area contributed by atoms with Crippen molar-refractivity contribution >= 4 is 136 Å². The van der Waals surface area contributed by atoms with Gasteiger partial charge in [0.25, 0.3) is 0 Å². The molecule has 0 saturated carbocycles. The summed E-state index contributed by atoms with van der Waals surface area (Å²) in [6, 6.07) is 83.0. The van der Waals surface area contributed by atoms with Crippen LogP contribution >= 0.6 is 67.8 Å². The van der Waals surface area contributed by atoms with Crippen molar-refractivity contribution in [2.45, 2.75) is 14.9 Å². The minimum Gasteiger partial charge on any atom is -0.423 e. The van der Waals surface area contributed by atoms with Crippen molar-refractivity contribution in [3.8, 4) is 11.1 Å². The molecular formula is C58H51BFI3N2O2. The Bertz CT molecular complexity index is 2940. The third kappa shape index (κ3) is 12.9.